The molecule has 0 unspecified atom stereocenters. The second-order valence-electron chi connectivity index (χ2n) is 5.89. The Morgan fingerprint density at radius 1 is 1.00 bits per heavy atom. The van der Waals surface area contributed by atoms with E-state index in [0.717, 1.165) is 22.0 Å². The fourth-order valence-electron chi connectivity index (χ4n) is 3.08. The molecule has 0 aliphatic rings. The Labute approximate surface area is 156 Å². The van der Waals surface area contributed by atoms with E-state index in [1.807, 2.05) is 36.4 Å². The van der Waals surface area contributed by atoms with Crippen molar-refractivity contribution >= 4 is 33.2 Å². The summed E-state index contributed by atoms with van der Waals surface area (Å²) >= 11 is 0. The van der Waals surface area contributed by atoms with Crippen LogP contribution in [0.3, 0.4) is 0 Å². The molecule has 4 aromatic rings. The Morgan fingerprint density at radius 2 is 1.78 bits per heavy atom. The first-order valence-electron chi connectivity index (χ1n) is 8.30. The van der Waals surface area contributed by atoms with Crippen molar-refractivity contribution in [3.63, 3.8) is 0 Å². The molecule has 0 amide bonds. The summed E-state index contributed by atoms with van der Waals surface area (Å²) in [7, 11) is 3.15. The highest BCUT2D eigenvalue weighted by Gasteiger charge is 2.15. The van der Waals surface area contributed by atoms with Gasteiger partial charge in [-0.15, -0.1) is 0 Å². The fraction of sp³-hybridized carbons (Fsp3) is 0.0952. The van der Waals surface area contributed by atoms with E-state index in [4.69, 9.17) is 9.47 Å². The van der Waals surface area contributed by atoms with Crippen LogP contribution in [0.5, 0.6) is 11.5 Å². The summed E-state index contributed by atoms with van der Waals surface area (Å²) in [5, 5.41) is 14.7. The molecule has 0 saturated heterocycles. The molecule has 0 saturated carbocycles. The molecular weight excluding hydrogens is 340 g/mol. The van der Waals surface area contributed by atoms with Crippen molar-refractivity contribution in [2.24, 2.45) is 0 Å². The Hall–Kier alpha value is -3.85. The zero-order chi connectivity index (χ0) is 18.8. The third-order valence-corrected chi connectivity index (χ3v) is 4.39. The largest absolute Gasteiger partial charge is 0.493 e. The molecule has 27 heavy (non-hydrogen) atoms. The van der Waals surface area contributed by atoms with Crippen LogP contribution < -0.4 is 14.8 Å². The lowest BCUT2D eigenvalue weighted by Gasteiger charge is -2.15. The number of nitriles is 1. The minimum Gasteiger partial charge on any atom is -0.493 e. The molecule has 6 nitrogen and oxygen atoms in total. The second-order valence-corrected chi connectivity index (χ2v) is 5.89. The first-order valence-corrected chi connectivity index (χ1v) is 8.30. The molecule has 0 spiro atoms. The number of aromatic nitrogens is 2. The highest BCUT2D eigenvalue weighted by Crippen LogP contribution is 2.37. The number of pyridine rings is 2. The number of fused-ring (bicyclic) bond motifs is 2. The predicted octanol–water partition coefficient (Wildman–Crippen LogP) is 4.42. The lowest BCUT2D eigenvalue weighted by atomic mass is 10.1. The molecule has 1 N–H and O–H groups in total. The van der Waals surface area contributed by atoms with Crippen molar-refractivity contribution in [1.29, 1.82) is 5.26 Å². The molecule has 6 heteroatoms. The van der Waals surface area contributed by atoms with E-state index in [9.17, 15) is 5.26 Å². The van der Waals surface area contributed by atoms with Gasteiger partial charge in [-0.1, -0.05) is 18.2 Å². The third-order valence-electron chi connectivity index (χ3n) is 4.39. The summed E-state index contributed by atoms with van der Waals surface area (Å²) in [6.07, 6.45) is 3.30. The number of benzene rings is 2. The lowest BCUT2D eigenvalue weighted by Crippen LogP contribution is -1.99. The predicted molar refractivity (Wildman–Crippen MR) is 105 cm³/mol. The van der Waals surface area contributed by atoms with Crippen LogP contribution in [0.2, 0.25) is 0 Å². The maximum absolute atomic E-state index is 9.59. The lowest BCUT2D eigenvalue weighted by molar-refractivity contribution is 0.356. The van der Waals surface area contributed by atoms with E-state index < -0.39 is 0 Å². The normalized spacial score (nSPS) is 10.6. The zero-order valence-electron chi connectivity index (χ0n) is 14.9. The second kappa shape index (κ2) is 6.81. The van der Waals surface area contributed by atoms with Gasteiger partial charge in [0.1, 0.15) is 6.07 Å². The maximum Gasteiger partial charge on any atom is 0.162 e. The van der Waals surface area contributed by atoms with Gasteiger partial charge in [-0.2, -0.15) is 5.26 Å². The molecule has 0 aliphatic carbocycles. The average Bonchev–Trinajstić information content (AvgIpc) is 2.73. The standard InChI is InChI=1S/C21H16N4O2/c1-26-18-9-15-17(10-19(18)27-2)24-12-14(11-22)20(15)25-16-7-3-5-13-6-4-8-23-21(13)16/h3-10,12H,1-2H3,(H,24,25). The Balaban J connectivity index is 1.95. The molecule has 0 bridgehead atoms. The number of nitrogens with zero attached hydrogens (tertiary/aromatic N) is 3. The average molecular weight is 356 g/mol. The van der Waals surface area contributed by atoms with Crippen molar-refractivity contribution in [2.75, 3.05) is 19.5 Å². The van der Waals surface area contributed by atoms with Crippen LogP contribution in [0.4, 0.5) is 11.4 Å². The van der Waals surface area contributed by atoms with Crippen LogP contribution in [-0.4, -0.2) is 24.2 Å². The van der Waals surface area contributed by atoms with E-state index >= 15 is 0 Å². The van der Waals surface area contributed by atoms with Gasteiger partial charge in [0.2, 0.25) is 0 Å². The van der Waals surface area contributed by atoms with Gasteiger partial charge in [0.25, 0.3) is 0 Å². The maximum atomic E-state index is 9.59. The van der Waals surface area contributed by atoms with Crippen LogP contribution in [0.1, 0.15) is 5.56 Å². The van der Waals surface area contributed by atoms with Gasteiger partial charge in [-0.3, -0.25) is 9.97 Å². The highest BCUT2D eigenvalue weighted by molar-refractivity contribution is 6.00. The van der Waals surface area contributed by atoms with Crippen LogP contribution >= 0.6 is 0 Å². The van der Waals surface area contributed by atoms with E-state index in [-0.39, 0.29) is 0 Å². The van der Waals surface area contributed by atoms with Crippen molar-refractivity contribution in [1.82, 2.24) is 9.97 Å². The topological polar surface area (TPSA) is 80.1 Å². The van der Waals surface area contributed by atoms with Crippen molar-refractivity contribution in [3.05, 3.63) is 60.4 Å². The van der Waals surface area contributed by atoms with Gasteiger partial charge in [0, 0.05) is 29.2 Å². The molecule has 4 rings (SSSR count). The smallest absolute Gasteiger partial charge is 0.162 e. The van der Waals surface area contributed by atoms with Gasteiger partial charge in [0.15, 0.2) is 11.5 Å². The molecule has 132 valence electrons. The highest BCUT2D eigenvalue weighted by atomic mass is 16.5. The van der Waals surface area contributed by atoms with E-state index in [1.54, 1.807) is 32.7 Å². The van der Waals surface area contributed by atoms with Gasteiger partial charge >= 0.3 is 0 Å². The van der Waals surface area contributed by atoms with Crippen molar-refractivity contribution in [2.45, 2.75) is 0 Å². The van der Waals surface area contributed by atoms with Crippen LogP contribution in [0, 0.1) is 11.3 Å². The molecule has 0 fully saturated rings. The third kappa shape index (κ3) is 2.85. The Morgan fingerprint density at radius 3 is 2.56 bits per heavy atom. The number of rotatable bonds is 4. The number of para-hydroxylation sites is 1. The summed E-state index contributed by atoms with van der Waals surface area (Å²) in [5.74, 6) is 1.15. The number of anilines is 2. The van der Waals surface area contributed by atoms with Crippen LogP contribution in [0.15, 0.2) is 54.9 Å². The number of methoxy groups -OCH3 is 2. The summed E-state index contributed by atoms with van der Waals surface area (Å²) < 4.78 is 10.8. The fourth-order valence-corrected chi connectivity index (χ4v) is 3.08. The van der Waals surface area contributed by atoms with Gasteiger partial charge in [0.05, 0.1) is 42.2 Å². The molecule has 2 aromatic carbocycles. The summed E-state index contributed by atoms with van der Waals surface area (Å²) in [6.45, 7) is 0. The number of hydrogen-bond donors (Lipinski definition) is 1. The van der Waals surface area contributed by atoms with E-state index in [1.165, 1.54) is 0 Å². The van der Waals surface area contributed by atoms with Crippen molar-refractivity contribution < 1.29 is 9.47 Å². The SMILES string of the molecule is COc1cc2ncc(C#N)c(Nc3cccc4cccnc34)c2cc1OC. The van der Waals surface area contributed by atoms with Crippen LogP contribution in [-0.2, 0) is 0 Å². The summed E-state index contributed by atoms with van der Waals surface area (Å²) in [4.78, 5) is 8.86. The molecule has 0 atom stereocenters. The zero-order valence-corrected chi connectivity index (χ0v) is 14.9. The quantitative estimate of drug-likeness (QED) is 0.583. The van der Waals surface area contributed by atoms with Crippen molar-refractivity contribution in [3.8, 4) is 17.6 Å². The summed E-state index contributed by atoms with van der Waals surface area (Å²) in [5.41, 5.74) is 3.42. The first kappa shape index (κ1) is 16.6. The molecule has 0 radical (unpaired) electrons. The first-order chi connectivity index (χ1) is 13.2. The Bertz CT molecular complexity index is 1190. The van der Waals surface area contributed by atoms with E-state index in [0.29, 0.717) is 28.3 Å². The molecule has 0 aliphatic heterocycles. The minimum atomic E-state index is 0.433. The number of nitrogens with one attached hydrogen (secondary N) is 1. The van der Waals surface area contributed by atoms with Gasteiger partial charge in [-0.05, 0) is 18.2 Å². The molecule has 2 aromatic heterocycles. The van der Waals surface area contributed by atoms with Gasteiger partial charge < -0.3 is 14.8 Å². The van der Waals surface area contributed by atoms with E-state index in [2.05, 4.69) is 21.4 Å². The number of hydrogen-bond acceptors (Lipinski definition) is 6. The summed E-state index contributed by atoms with van der Waals surface area (Å²) in [6, 6.07) is 15.6. The minimum absolute atomic E-state index is 0.433. The number of ether oxygens (including phenoxy) is 2. The van der Waals surface area contributed by atoms with Gasteiger partial charge in [-0.25, -0.2) is 0 Å². The molecule has 2 heterocycles. The molecular formula is C21H16N4O2. The Kier molecular flexibility index (Phi) is 4.19. The van der Waals surface area contributed by atoms with Crippen LogP contribution in [0.25, 0.3) is 21.8 Å². The monoisotopic (exact) mass is 356 g/mol.